The Kier molecular flexibility index (Phi) is 6.57. The fourth-order valence-electron chi connectivity index (χ4n) is 1.03. The summed E-state index contributed by atoms with van der Waals surface area (Å²) in [6.45, 7) is 8.64. The molecule has 0 N–H and O–H groups in total. The van der Waals surface area contributed by atoms with Crippen molar-refractivity contribution < 1.29 is 4.79 Å². The Hall–Kier alpha value is -0.553. The topological polar surface area (TPSA) is 17.1 Å². The zero-order valence-electron chi connectivity index (χ0n) is 9.94. The molecule has 0 aromatic carbocycles. The van der Waals surface area contributed by atoms with Crippen molar-refractivity contribution >= 4 is 13.9 Å². The Morgan fingerprint density at radius 3 is 2.29 bits per heavy atom. The maximum atomic E-state index is 11.3. The first-order valence-corrected chi connectivity index (χ1v) is 9.01. The van der Waals surface area contributed by atoms with Crippen LogP contribution >= 0.6 is 0 Å². The van der Waals surface area contributed by atoms with Crippen LogP contribution in [0.3, 0.4) is 0 Å². The predicted molar refractivity (Wildman–Crippen MR) is 64.9 cm³/mol. The van der Waals surface area contributed by atoms with Crippen LogP contribution in [0.25, 0.3) is 0 Å². The van der Waals surface area contributed by atoms with E-state index < -0.39 is 8.07 Å². The smallest absolute Gasteiger partial charge is 0.204 e. The number of carbonyl (C=O) groups is 1. The highest BCUT2D eigenvalue weighted by Crippen LogP contribution is 2.03. The zero-order valence-corrected chi connectivity index (χ0v) is 10.9. The average Bonchev–Trinajstić information content (AvgIpc) is 2.08. The molecule has 0 aliphatic rings. The van der Waals surface area contributed by atoms with Gasteiger partial charge in [0.15, 0.2) is 0 Å². The Morgan fingerprint density at radius 1 is 1.14 bits per heavy atom. The third kappa shape index (κ3) is 9.53. The van der Waals surface area contributed by atoms with E-state index in [-0.39, 0.29) is 5.78 Å². The summed E-state index contributed by atoms with van der Waals surface area (Å²) < 4.78 is 0. The maximum Gasteiger partial charge on any atom is 0.204 e. The van der Waals surface area contributed by atoms with Gasteiger partial charge in [0, 0.05) is 6.42 Å². The first-order valence-electron chi connectivity index (χ1n) is 5.51. The molecule has 0 atom stereocenters. The molecule has 0 rings (SSSR count). The SMILES string of the molecule is CCCCCCC(=O)C#C[Si](C)(C)C. The lowest BCUT2D eigenvalue weighted by atomic mass is 10.1. The van der Waals surface area contributed by atoms with Gasteiger partial charge in [0.2, 0.25) is 5.78 Å². The van der Waals surface area contributed by atoms with Crippen molar-refractivity contribution in [2.75, 3.05) is 0 Å². The quantitative estimate of drug-likeness (QED) is 0.386. The van der Waals surface area contributed by atoms with E-state index in [0.29, 0.717) is 6.42 Å². The fourth-order valence-corrected chi connectivity index (χ4v) is 1.55. The summed E-state index contributed by atoms with van der Waals surface area (Å²) in [4.78, 5) is 11.3. The van der Waals surface area contributed by atoms with Gasteiger partial charge in [-0.25, -0.2) is 0 Å². The van der Waals surface area contributed by atoms with E-state index in [9.17, 15) is 4.79 Å². The molecule has 0 saturated heterocycles. The lowest BCUT2D eigenvalue weighted by Crippen LogP contribution is -2.17. The molecule has 0 aromatic rings. The number of ketones is 1. The monoisotopic (exact) mass is 210 g/mol. The molecular weight excluding hydrogens is 188 g/mol. The molecule has 0 bridgehead atoms. The zero-order chi connectivity index (χ0) is 11.0. The summed E-state index contributed by atoms with van der Waals surface area (Å²) >= 11 is 0. The van der Waals surface area contributed by atoms with Crippen LogP contribution < -0.4 is 0 Å². The summed E-state index contributed by atoms with van der Waals surface area (Å²) in [6, 6.07) is 0. The van der Waals surface area contributed by atoms with E-state index in [0.717, 1.165) is 12.8 Å². The number of Topliss-reactive ketones (excluding diaryl/α,β-unsaturated/α-hetero) is 1. The van der Waals surface area contributed by atoms with Crippen LogP contribution in [0, 0.1) is 11.5 Å². The molecule has 0 unspecified atom stereocenters. The van der Waals surface area contributed by atoms with Gasteiger partial charge in [0.25, 0.3) is 0 Å². The van der Waals surface area contributed by atoms with E-state index in [1.807, 2.05) is 0 Å². The molecule has 80 valence electrons. The highest BCUT2D eigenvalue weighted by molar-refractivity contribution is 6.84. The Morgan fingerprint density at radius 2 is 1.79 bits per heavy atom. The number of hydrogen-bond donors (Lipinski definition) is 0. The minimum absolute atomic E-state index is 0.128. The third-order valence-corrected chi connectivity index (χ3v) is 2.71. The average molecular weight is 210 g/mol. The van der Waals surface area contributed by atoms with Crippen molar-refractivity contribution in [1.82, 2.24) is 0 Å². The number of unbranched alkanes of at least 4 members (excludes halogenated alkanes) is 3. The number of hydrogen-bond acceptors (Lipinski definition) is 1. The van der Waals surface area contributed by atoms with Crippen molar-refractivity contribution in [2.24, 2.45) is 0 Å². The lowest BCUT2D eigenvalue weighted by Gasteiger charge is -2.02. The Bertz CT molecular complexity index is 227. The van der Waals surface area contributed by atoms with Gasteiger partial charge in [0.1, 0.15) is 8.07 Å². The number of rotatable bonds is 5. The standard InChI is InChI=1S/C12H22OSi/c1-5-6-7-8-9-12(13)10-11-14(2,3)4/h5-9H2,1-4H3. The number of carbonyl (C=O) groups excluding carboxylic acids is 1. The van der Waals surface area contributed by atoms with Crippen LogP contribution in [-0.2, 0) is 4.79 Å². The van der Waals surface area contributed by atoms with E-state index in [4.69, 9.17) is 0 Å². The van der Waals surface area contributed by atoms with Crippen LogP contribution in [0.2, 0.25) is 19.6 Å². The molecule has 0 aliphatic heterocycles. The summed E-state index contributed by atoms with van der Waals surface area (Å²) in [5.41, 5.74) is 3.10. The van der Waals surface area contributed by atoms with E-state index in [1.165, 1.54) is 12.8 Å². The van der Waals surface area contributed by atoms with Gasteiger partial charge in [-0.1, -0.05) is 45.8 Å². The van der Waals surface area contributed by atoms with E-state index in [1.54, 1.807) is 0 Å². The second-order valence-corrected chi connectivity index (χ2v) is 9.48. The molecule has 0 fully saturated rings. The second kappa shape index (κ2) is 6.84. The highest BCUT2D eigenvalue weighted by Gasteiger charge is 2.08. The molecule has 0 aromatic heterocycles. The van der Waals surface area contributed by atoms with Gasteiger partial charge in [-0.3, -0.25) is 4.79 Å². The van der Waals surface area contributed by atoms with Crippen LogP contribution in [-0.4, -0.2) is 13.9 Å². The van der Waals surface area contributed by atoms with Crippen LogP contribution in [0.4, 0.5) is 0 Å². The summed E-state index contributed by atoms with van der Waals surface area (Å²) in [5.74, 6) is 2.90. The molecule has 14 heavy (non-hydrogen) atoms. The van der Waals surface area contributed by atoms with Gasteiger partial charge in [0.05, 0.1) is 0 Å². The van der Waals surface area contributed by atoms with Gasteiger partial charge < -0.3 is 0 Å². The van der Waals surface area contributed by atoms with Crippen LogP contribution in [0.5, 0.6) is 0 Å². The Labute approximate surface area is 89.3 Å². The molecule has 0 radical (unpaired) electrons. The lowest BCUT2D eigenvalue weighted by molar-refractivity contribution is -0.113. The minimum atomic E-state index is -1.36. The maximum absolute atomic E-state index is 11.3. The highest BCUT2D eigenvalue weighted by atomic mass is 28.3. The van der Waals surface area contributed by atoms with Crippen molar-refractivity contribution in [3.8, 4) is 11.5 Å². The third-order valence-electron chi connectivity index (χ3n) is 1.83. The predicted octanol–water partition coefficient (Wildman–Crippen LogP) is 3.41. The second-order valence-electron chi connectivity index (χ2n) is 4.73. The molecule has 0 spiro atoms. The Balaban J connectivity index is 3.69. The van der Waals surface area contributed by atoms with Gasteiger partial charge >= 0.3 is 0 Å². The summed E-state index contributed by atoms with van der Waals surface area (Å²) in [5, 5.41) is 0. The molecule has 0 aliphatic carbocycles. The first-order chi connectivity index (χ1) is 6.45. The van der Waals surface area contributed by atoms with E-state index in [2.05, 4.69) is 38.0 Å². The van der Waals surface area contributed by atoms with Crippen LogP contribution in [0.15, 0.2) is 0 Å². The molecular formula is C12H22OSi. The first kappa shape index (κ1) is 13.4. The van der Waals surface area contributed by atoms with Gasteiger partial charge in [-0.05, 0) is 12.3 Å². The van der Waals surface area contributed by atoms with E-state index >= 15 is 0 Å². The van der Waals surface area contributed by atoms with Gasteiger partial charge in [-0.2, -0.15) is 0 Å². The molecule has 0 heterocycles. The minimum Gasteiger partial charge on any atom is -0.285 e. The summed E-state index contributed by atoms with van der Waals surface area (Å²) in [7, 11) is -1.36. The molecule has 2 heteroatoms. The largest absolute Gasteiger partial charge is 0.285 e. The molecule has 0 saturated carbocycles. The molecule has 0 amide bonds. The van der Waals surface area contributed by atoms with Crippen molar-refractivity contribution in [2.45, 2.75) is 58.7 Å². The van der Waals surface area contributed by atoms with Gasteiger partial charge in [-0.15, -0.1) is 5.54 Å². The van der Waals surface area contributed by atoms with Crippen molar-refractivity contribution in [1.29, 1.82) is 0 Å². The fraction of sp³-hybridized carbons (Fsp3) is 0.750. The van der Waals surface area contributed by atoms with Crippen molar-refractivity contribution in [3.05, 3.63) is 0 Å². The van der Waals surface area contributed by atoms with Crippen LogP contribution in [0.1, 0.15) is 39.0 Å². The molecule has 1 nitrogen and oxygen atoms in total. The van der Waals surface area contributed by atoms with Crippen molar-refractivity contribution in [3.63, 3.8) is 0 Å². The normalized spacial score (nSPS) is 10.6. The summed E-state index contributed by atoms with van der Waals surface area (Å²) in [6.07, 6.45) is 5.27.